The average molecular weight is 381 g/mol. The number of rotatable bonds is 2. The van der Waals surface area contributed by atoms with E-state index in [1.807, 2.05) is 39.0 Å². The molecular formula is C15H16Cl2FOPTi. The van der Waals surface area contributed by atoms with Crippen LogP contribution in [0.2, 0.25) is 0 Å². The van der Waals surface area contributed by atoms with Gasteiger partial charge in [0, 0.05) is 10.6 Å². The molecule has 0 spiro atoms. The molecule has 0 aliphatic carbocycles. The second kappa shape index (κ2) is 9.13. The summed E-state index contributed by atoms with van der Waals surface area (Å²) in [4.78, 5) is 0. The van der Waals surface area contributed by atoms with E-state index in [4.69, 9.17) is 18.6 Å². The Bertz CT molecular complexity index is 603. The third-order valence-electron chi connectivity index (χ3n) is 2.93. The van der Waals surface area contributed by atoms with Gasteiger partial charge in [-0.05, 0) is 49.6 Å². The van der Waals surface area contributed by atoms with Crippen LogP contribution in [0, 0.1) is 26.6 Å². The van der Waals surface area contributed by atoms with Gasteiger partial charge in [-0.25, -0.2) is 4.39 Å². The maximum absolute atomic E-state index is 13.8. The van der Waals surface area contributed by atoms with E-state index in [0.717, 1.165) is 22.0 Å². The number of phenolic OH excluding ortho intramolecular Hbond substituents is 1. The summed E-state index contributed by atoms with van der Waals surface area (Å²) in [5, 5.41) is 11.5. The first-order valence-electron chi connectivity index (χ1n) is 6.19. The maximum atomic E-state index is 13.8. The zero-order valence-electron chi connectivity index (χ0n) is 12.0. The van der Waals surface area contributed by atoms with Crippen molar-refractivity contribution in [1.82, 2.24) is 0 Å². The van der Waals surface area contributed by atoms with Crippen LogP contribution in [0.3, 0.4) is 0 Å². The van der Waals surface area contributed by atoms with Crippen molar-refractivity contribution < 1.29 is 26.5 Å². The number of aryl methyl sites for hydroxylation is 3. The van der Waals surface area contributed by atoms with Crippen LogP contribution < -0.4 is 10.6 Å². The van der Waals surface area contributed by atoms with Crippen LogP contribution >= 0.6 is 27.2 Å². The van der Waals surface area contributed by atoms with E-state index in [1.165, 1.54) is 6.07 Å². The van der Waals surface area contributed by atoms with Crippen LogP contribution in [0.4, 0.5) is 4.39 Å². The molecule has 0 saturated heterocycles. The van der Waals surface area contributed by atoms with Crippen LogP contribution in [0.25, 0.3) is 0 Å². The van der Waals surface area contributed by atoms with E-state index >= 15 is 0 Å². The quantitative estimate of drug-likeness (QED) is 0.602. The minimum absolute atomic E-state index is 0.141. The summed E-state index contributed by atoms with van der Waals surface area (Å²) in [6.45, 7) is 5.74. The molecule has 2 rings (SSSR count). The second-order valence-corrected chi connectivity index (χ2v) is 8.47. The Balaban J connectivity index is 0.000000677. The first kappa shape index (κ1) is 18.9. The van der Waals surface area contributed by atoms with E-state index in [9.17, 15) is 9.50 Å². The molecular weight excluding hydrogens is 365 g/mol. The Labute approximate surface area is 143 Å². The fraction of sp³-hybridized carbons (Fsp3) is 0.200. The Morgan fingerprint density at radius 2 is 1.71 bits per heavy atom. The van der Waals surface area contributed by atoms with Crippen LogP contribution in [-0.4, -0.2) is 5.11 Å². The molecule has 0 aromatic heterocycles. The normalized spacial score (nSPS) is 10.4. The van der Waals surface area contributed by atoms with Crippen molar-refractivity contribution in [3.8, 4) is 5.75 Å². The number of hydrogen-bond donors (Lipinski definition) is 1. The minimum atomic E-state index is -0.556. The van der Waals surface area contributed by atoms with Gasteiger partial charge in [0.25, 0.3) is 0 Å². The molecule has 0 bridgehead atoms. The Morgan fingerprint density at radius 1 is 1.10 bits per heavy atom. The molecule has 1 N–H and O–H groups in total. The zero-order valence-corrected chi connectivity index (χ0v) is 16.0. The van der Waals surface area contributed by atoms with Crippen molar-refractivity contribution in [2.45, 2.75) is 20.8 Å². The van der Waals surface area contributed by atoms with Gasteiger partial charge in [-0.15, -0.1) is 0 Å². The molecule has 2 aromatic rings. The molecule has 2 aromatic carbocycles. The van der Waals surface area contributed by atoms with Crippen molar-refractivity contribution in [3.63, 3.8) is 0 Å². The van der Waals surface area contributed by atoms with E-state index in [1.54, 1.807) is 6.07 Å². The van der Waals surface area contributed by atoms with Gasteiger partial charge in [-0.2, -0.15) is 0 Å². The molecule has 0 aliphatic heterocycles. The molecule has 0 aliphatic rings. The summed E-state index contributed by atoms with van der Waals surface area (Å²) < 4.78 is 13.8. The fourth-order valence-electron chi connectivity index (χ4n) is 1.98. The predicted octanol–water partition coefficient (Wildman–Crippen LogP) is 4.46. The first-order chi connectivity index (χ1) is 9.90. The number of benzene rings is 2. The Kier molecular flexibility index (Phi) is 8.23. The molecule has 0 heterocycles. The number of phenols is 1. The van der Waals surface area contributed by atoms with E-state index in [2.05, 4.69) is 0 Å². The van der Waals surface area contributed by atoms with E-state index in [-0.39, 0.29) is 20.1 Å². The average Bonchev–Trinajstić information content (AvgIpc) is 2.40. The van der Waals surface area contributed by atoms with Crippen molar-refractivity contribution in [1.29, 1.82) is 0 Å². The van der Waals surface area contributed by atoms with Crippen LogP contribution in [0.5, 0.6) is 5.75 Å². The summed E-state index contributed by atoms with van der Waals surface area (Å²) >= 11 is -0.556. The third kappa shape index (κ3) is 5.55. The molecule has 112 valence electrons. The molecule has 1 nitrogen and oxygen atoms in total. The topological polar surface area (TPSA) is 20.2 Å². The number of hydrogen-bond acceptors (Lipinski definition) is 1. The van der Waals surface area contributed by atoms with Gasteiger partial charge in [0.1, 0.15) is 11.6 Å². The van der Waals surface area contributed by atoms with Gasteiger partial charge in [0.05, 0.1) is 0 Å². The predicted molar refractivity (Wildman–Crippen MR) is 88.0 cm³/mol. The molecule has 0 saturated carbocycles. The summed E-state index contributed by atoms with van der Waals surface area (Å²) in [7, 11) is 9.92. The third-order valence-corrected chi connectivity index (χ3v) is 4.46. The van der Waals surface area contributed by atoms with Gasteiger partial charge in [-0.3, -0.25) is 0 Å². The Hall–Kier alpha value is -0.106. The van der Waals surface area contributed by atoms with Gasteiger partial charge in [0.15, 0.2) is 0 Å². The van der Waals surface area contributed by atoms with E-state index in [0.29, 0.717) is 5.30 Å². The van der Waals surface area contributed by atoms with Crippen molar-refractivity contribution in [2.24, 2.45) is 0 Å². The van der Waals surface area contributed by atoms with Gasteiger partial charge in [-0.1, -0.05) is 26.8 Å². The zero-order chi connectivity index (χ0) is 16.0. The summed E-state index contributed by atoms with van der Waals surface area (Å²) in [5.41, 5.74) is 2.85. The molecule has 0 amide bonds. The monoisotopic (exact) mass is 380 g/mol. The number of aromatic hydroxyl groups is 1. The second-order valence-electron chi connectivity index (χ2n) is 4.61. The molecule has 6 heteroatoms. The summed E-state index contributed by atoms with van der Waals surface area (Å²) in [6.07, 6.45) is 0. The van der Waals surface area contributed by atoms with Crippen LogP contribution in [0.15, 0.2) is 30.3 Å². The van der Waals surface area contributed by atoms with Gasteiger partial charge >= 0.3 is 35.6 Å². The molecule has 1 unspecified atom stereocenters. The van der Waals surface area contributed by atoms with Crippen molar-refractivity contribution >= 4 is 37.8 Å². The van der Waals surface area contributed by atoms with Crippen molar-refractivity contribution in [2.75, 3.05) is 0 Å². The van der Waals surface area contributed by atoms with E-state index < -0.39 is 17.0 Å². The number of halogens is 3. The van der Waals surface area contributed by atoms with Crippen molar-refractivity contribution in [3.05, 3.63) is 52.8 Å². The molecule has 0 fully saturated rings. The Morgan fingerprint density at radius 3 is 2.29 bits per heavy atom. The SMILES string of the molecule is Cc1cc(C)c(O)c(Pc2c(C)cccc2F)c1.[Cl][Ti][Cl]. The summed E-state index contributed by atoms with van der Waals surface area (Å²) in [5.74, 6) is 0.0773. The van der Waals surface area contributed by atoms with Gasteiger partial charge < -0.3 is 5.11 Å². The standard InChI is InChI=1S/C15H16FOP.2ClH.Ti/c1-9-7-11(3)14(17)13(8-9)18-15-10(2)5-4-6-12(15)16;;;/h4-8,17-18H,1-3H3;2*1H;/q;;;+2/p-2. The fourth-order valence-corrected chi connectivity index (χ4v) is 3.35. The summed E-state index contributed by atoms with van der Waals surface area (Å²) in [6, 6.07) is 8.92. The van der Waals surface area contributed by atoms with Gasteiger partial charge in [0.2, 0.25) is 0 Å². The van der Waals surface area contributed by atoms with Crippen LogP contribution in [-0.2, 0) is 17.0 Å². The molecule has 21 heavy (non-hydrogen) atoms. The van der Waals surface area contributed by atoms with Crippen LogP contribution in [0.1, 0.15) is 16.7 Å². The first-order valence-corrected chi connectivity index (χ1v) is 11.5. The molecule has 0 radical (unpaired) electrons. The molecule has 1 atom stereocenters.